The van der Waals surface area contributed by atoms with Gasteiger partial charge in [0.15, 0.2) is 0 Å². The van der Waals surface area contributed by atoms with Crippen molar-refractivity contribution in [1.29, 1.82) is 0 Å². The molecular weight excluding hydrogens is 266 g/mol. The van der Waals surface area contributed by atoms with E-state index >= 15 is 0 Å². The summed E-state index contributed by atoms with van der Waals surface area (Å²) in [6.07, 6.45) is 1.53. The van der Waals surface area contributed by atoms with Gasteiger partial charge in [-0.3, -0.25) is 4.79 Å². The molecule has 0 saturated heterocycles. The number of nitrogens with zero attached hydrogens (tertiary/aromatic N) is 2. The molecule has 0 atom stereocenters. The molecule has 0 aliphatic heterocycles. The quantitative estimate of drug-likeness (QED) is 0.779. The molecule has 1 aromatic carbocycles. The Morgan fingerprint density at radius 1 is 1.16 bits per heavy atom. The lowest BCUT2D eigenvalue weighted by molar-refractivity contribution is 0.432. The monoisotopic (exact) mass is 273 g/mol. The summed E-state index contributed by atoms with van der Waals surface area (Å²) in [5.41, 5.74) is 1.24. The number of hydrogen-bond acceptors (Lipinski definition) is 4. The second-order valence-electron chi connectivity index (χ2n) is 3.88. The molecule has 6 heteroatoms. The third-order valence-electron chi connectivity index (χ3n) is 2.54. The van der Waals surface area contributed by atoms with E-state index < -0.39 is 0 Å². The zero-order valence-corrected chi connectivity index (χ0v) is 10.4. The fourth-order valence-corrected chi connectivity index (χ4v) is 1.82. The average Bonchev–Trinajstić information content (AvgIpc) is 2.89. The summed E-state index contributed by atoms with van der Waals surface area (Å²) in [6, 6.07) is 10.2. The molecule has 0 bridgehead atoms. The minimum Gasteiger partial charge on any atom is -0.334 e. The first-order valence-electron chi connectivity index (χ1n) is 5.51. The van der Waals surface area contributed by atoms with E-state index in [1.54, 1.807) is 18.2 Å². The third kappa shape index (κ3) is 2.41. The lowest BCUT2D eigenvalue weighted by atomic mass is 10.2. The van der Waals surface area contributed by atoms with Crippen LogP contribution in [0.1, 0.15) is 0 Å². The predicted molar refractivity (Wildman–Crippen MR) is 70.8 cm³/mol. The second-order valence-corrected chi connectivity index (χ2v) is 4.31. The number of aromatic nitrogens is 3. The van der Waals surface area contributed by atoms with E-state index in [-0.39, 0.29) is 5.56 Å². The molecule has 3 rings (SSSR count). The van der Waals surface area contributed by atoms with Gasteiger partial charge < -0.3 is 9.51 Å². The number of halogens is 1. The van der Waals surface area contributed by atoms with Gasteiger partial charge in [0.1, 0.15) is 0 Å². The lowest BCUT2D eigenvalue weighted by Crippen LogP contribution is -2.01. The SMILES string of the molecule is O=c1ccc(-c2nc(-c3cccc(Cl)c3)no2)c[nH]1. The molecule has 94 valence electrons. The topological polar surface area (TPSA) is 71.8 Å². The molecular formula is C13H8ClN3O2. The van der Waals surface area contributed by atoms with Gasteiger partial charge in [-0.2, -0.15) is 4.98 Å². The first-order valence-corrected chi connectivity index (χ1v) is 5.89. The van der Waals surface area contributed by atoms with E-state index in [1.165, 1.54) is 12.3 Å². The van der Waals surface area contributed by atoms with E-state index in [0.29, 0.717) is 22.3 Å². The average molecular weight is 274 g/mol. The minimum absolute atomic E-state index is 0.182. The van der Waals surface area contributed by atoms with Gasteiger partial charge in [0.05, 0.1) is 5.56 Å². The van der Waals surface area contributed by atoms with Crippen LogP contribution in [0.2, 0.25) is 5.02 Å². The first-order chi connectivity index (χ1) is 9.22. The van der Waals surface area contributed by atoms with E-state index in [9.17, 15) is 4.79 Å². The largest absolute Gasteiger partial charge is 0.334 e. The Morgan fingerprint density at radius 3 is 2.79 bits per heavy atom. The molecule has 19 heavy (non-hydrogen) atoms. The molecule has 0 spiro atoms. The second kappa shape index (κ2) is 4.70. The highest BCUT2D eigenvalue weighted by molar-refractivity contribution is 6.30. The Hall–Kier alpha value is -2.40. The van der Waals surface area contributed by atoms with Gasteiger partial charge in [0.25, 0.3) is 5.89 Å². The van der Waals surface area contributed by atoms with Crippen LogP contribution in [0.5, 0.6) is 0 Å². The molecule has 0 aliphatic rings. The van der Waals surface area contributed by atoms with Crippen LogP contribution < -0.4 is 5.56 Å². The number of hydrogen-bond donors (Lipinski definition) is 1. The molecule has 2 aromatic heterocycles. The summed E-state index contributed by atoms with van der Waals surface area (Å²) >= 11 is 5.91. The third-order valence-corrected chi connectivity index (χ3v) is 2.78. The number of nitrogens with one attached hydrogen (secondary N) is 1. The summed E-state index contributed by atoms with van der Waals surface area (Å²) in [5, 5.41) is 4.49. The fraction of sp³-hybridized carbons (Fsp3) is 0. The zero-order valence-electron chi connectivity index (χ0n) is 9.63. The Morgan fingerprint density at radius 2 is 2.05 bits per heavy atom. The van der Waals surface area contributed by atoms with Gasteiger partial charge in [0.2, 0.25) is 11.4 Å². The summed E-state index contributed by atoms with van der Waals surface area (Å²) in [4.78, 5) is 17.8. The van der Waals surface area contributed by atoms with Gasteiger partial charge >= 0.3 is 0 Å². The highest BCUT2D eigenvalue weighted by atomic mass is 35.5. The summed E-state index contributed by atoms with van der Waals surface area (Å²) in [7, 11) is 0. The standard InChI is InChI=1S/C13H8ClN3O2/c14-10-3-1-2-8(6-10)12-16-13(19-17-12)9-4-5-11(18)15-7-9/h1-7H,(H,15,18). The number of benzene rings is 1. The van der Waals surface area contributed by atoms with Gasteiger partial charge in [-0.15, -0.1) is 0 Å². The van der Waals surface area contributed by atoms with Crippen molar-refractivity contribution in [2.75, 3.05) is 0 Å². The van der Waals surface area contributed by atoms with Crippen LogP contribution in [0.15, 0.2) is 51.9 Å². The Kier molecular flexibility index (Phi) is 2.89. The highest BCUT2D eigenvalue weighted by Crippen LogP contribution is 2.23. The normalized spacial score (nSPS) is 10.6. The van der Waals surface area contributed by atoms with Crippen molar-refractivity contribution in [3.05, 3.63) is 58.0 Å². The van der Waals surface area contributed by atoms with Gasteiger partial charge in [-0.1, -0.05) is 28.9 Å². The molecule has 3 aromatic rings. The van der Waals surface area contributed by atoms with E-state index in [1.807, 2.05) is 12.1 Å². The highest BCUT2D eigenvalue weighted by Gasteiger charge is 2.10. The minimum atomic E-state index is -0.182. The Balaban J connectivity index is 1.99. The molecule has 0 unspecified atom stereocenters. The van der Waals surface area contributed by atoms with Gasteiger partial charge in [-0.05, 0) is 18.2 Å². The van der Waals surface area contributed by atoms with Crippen LogP contribution in [-0.4, -0.2) is 15.1 Å². The molecule has 0 aliphatic carbocycles. The van der Waals surface area contributed by atoms with Crippen LogP contribution in [-0.2, 0) is 0 Å². The van der Waals surface area contributed by atoms with Crippen molar-refractivity contribution in [2.45, 2.75) is 0 Å². The van der Waals surface area contributed by atoms with E-state index in [2.05, 4.69) is 15.1 Å². The Bertz CT molecular complexity index is 759. The molecule has 0 radical (unpaired) electrons. The molecule has 0 fully saturated rings. The predicted octanol–water partition coefficient (Wildman–Crippen LogP) is 2.75. The maximum Gasteiger partial charge on any atom is 0.259 e. The van der Waals surface area contributed by atoms with Crippen LogP contribution in [0, 0.1) is 0 Å². The number of rotatable bonds is 2. The van der Waals surface area contributed by atoms with Crippen LogP contribution in [0.4, 0.5) is 0 Å². The van der Waals surface area contributed by atoms with Gasteiger partial charge in [-0.25, -0.2) is 0 Å². The number of aromatic amines is 1. The van der Waals surface area contributed by atoms with Crippen molar-refractivity contribution in [3.63, 3.8) is 0 Å². The van der Waals surface area contributed by atoms with Crippen molar-refractivity contribution in [3.8, 4) is 22.8 Å². The van der Waals surface area contributed by atoms with Crippen LogP contribution in [0.25, 0.3) is 22.8 Å². The smallest absolute Gasteiger partial charge is 0.259 e. The van der Waals surface area contributed by atoms with E-state index in [0.717, 1.165) is 5.56 Å². The number of H-pyrrole nitrogens is 1. The van der Waals surface area contributed by atoms with Gasteiger partial charge in [0, 0.05) is 22.8 Å². The van der Waals surface area contributed by atoms with Crippen molar-refractivity contribution < 1.29 is 4.52 Å². The summed E-state index contributed by atoms with van der Waals surface area (Å²) in [5.74, 6) is 0.787. The molecule has 1 N–H and O–H groups in total. The first kappa shape index (κ1) is 11.7. The maximum absolute atomic E-state index is 11.0. The van der Waals surface area contributed by atoms with Crippen LogP contribution in [0.3, 0.4) is 0 Å². The molecule has 0 saturated carbocycles. The van der Waals surface area contributed by atoms with Crippen molar-refractivity contribution in [1.82, 2.24) is 15.1 Å². The zero-order chi connectivity index (χ0) is 13.2. The summed E-state index contributed by atoms with van der Waals surface area (Å²) < 4.78 is 5.16. The Labute approximate surface area is 112 Å². The molecule has 5 nitrogen and oxygen atoms in total. The maximum atomic E-state index is 11.0. The van der Waals surface area contributed by atoms with E-state index in [4.69, 9.17) is 16.1 Å². The summed E-state index contributed by atoms with van der Waals surface area (Å²) in [6.45, 7) is 0. The fourth-order valence-electron chi connectivity index (χ4n) is 1.63. The number of pyridine rings is 1. The lowest BCUT2D eigenvalue weighted by Gasteiger charge is -1.94. The van der Waals surface area contributed by atoms with Crippen LogP contribution >= 0.6 is 11.6 Å². The van der Waals surface area contributed by atoms with Crippen molar-refractivity contribution >= 4 is 11.6 Å². The molecule has 2 heterocycles. The molecule has 0 amide bonds. The van der Waals surface area contributed by atoms with Crippen molar-refractivity contribution in [2.24, 2.45) is 0 Å².